The largest absolute Gasteiger partial charge is 0.453 e. The molecule has 0 radical (unpaired) electrons. The molecule has 3 heteroatoms. The molecule has 84 valence electrons. The highest BCUT2D eigenvalue weighted by Crippen LogP contribution is 2.42. The summed E-state index contributed by atoms with van der Waals surface area (Å²) in [6.07, 6.45) is 6.54. The van der Waals surface area contributed by atoms with E-state index in [1.807, 2.05) is 4.90 Å². The predicted molar refractivity (Wildman–Crippen MR) is 58.7 cm³/mol. The zero-order valence-corrected chi connectivity index (χ0v) is 9.75. The van der Waals surface area contributed by atoms with E-state index in [1.54, 1.807) is 0 Å². The lowest BCUT2D eigenvalue weighted by atomic mass is 9.93. The van der Waals surface area contributed by atoms with Gasteiger partial charge in [0.1, 0.15) is 0 Å². The topological polar surface area (TPSA) is 29.5 Å². The molecule has 1 aliphatic carbocycles. The second-order valence-electron chi connectivity index (χ2n) is 5.05. The van der Waals surface area contributed by atoms with E-state index in [9.17, 15) is 4.79 Å². The summed E-state index contributed by atoms with van der Waals surface area (Å²) < 4.78 is 4.88. The number of fused-ring (bicyclic) bond motifs is 1. The van der Waals surface area contributed by atoms with Crippen LogP contribution in [0.25, 0.3) is 0 Å². The normalized spacial score (nSPS) is 28.3. The van der Waals surface area contributed by atoms with Crippen LogP contribution in [0.5, 0.6) is 0 Å². The minimum Gasteiger partial charge on any atom is -0.453 e. The molecule has 1 fully saturated rings. The van der Waals surface area contributed by atoms with Crippen molar-refractivity contribution in [2.24, 2.45) is 0 Å². The van der Waals surface area contributed by atoms with Gasteiger partial charge in [0.2, 0.25) is 0 Å². The van der Waals surface area contributed by atoms with E-state index < -0.39 is 0 Å². The van der Waals surface area contributed by atoms with Crippen LogP contribution in [0.4, 0.5) is 4.79 Å². The Hall–Kier alpha value is -0.990. The SMILES string of the molecule is COC(=O)N1C2CCCC=C2CC1(C)C. The molecule has 1 aliphatic heterocycles. The van der Waals surface area contributed by atoms with Crippen LogP contribution in [-0.4, -0.2) is 29.7 Å². The summed E-state index contributed by atoms with van der Waals surface area (Å²) in [5.74, 6) is 0. The van der Waals surface area contributed by atoms with E-state index in [4.69, 9.17) is 4.74 Å². The third kappa shape index (κ3) is 1.64. The van der Waals surface area contributed by atoms with Crippen molar-refractivity contribution in [3.63, 3.8) is 0 Å². The Kier molecular flexibility index (Phi) is 2.49. The lowest BCUT2D eigenvalue weighted by molar-refractivity contribution is 0.0786. The first-order valence-corrected chi connectivity index (χ1v) is 5.62. The molecule has 0 saturated carbocycles. The van der Waals surface area contributed by atoms with Crippen LogP contribution in [0.1, 0.15) is 39.5 Å². The maximum Gasteiger partial charge on any atom is 0.410 e. The highest BCUT2D eigenvalue weighted by atomic mass is 16.5. The monoisotopic (exact) mass is 209 g/mol. The average Bonchev–Trinajstić information content (AvgIpc) is 2.46. The summed E-state index contributed by atoms with van der Waals surface area (Å²) in [5.41, 5.74) is 1.34. The molecule has 0 bridgehead atoms. The molecule has 15 heavy (non-hydrogen) atoms. The molecule has 0 N–H and O–H groups in total. The van der Waals surface area contributed by atoms with Gasteiger partial charge in [0.05, 0.1) is 13.2 Å². The molecule has 0 spiro atoms. The maximum absolute atomic E-state index is 11.8. The smallest absolute Gasteiger partial charge is 0.410 e. The number of allylic oxidation sites excluding steroid dienone is 1. The summed E-state index contributed by atoms with van der Waals surface area (Å²) in [7, 11) is 1.46. The molecule has 1 unspecified atom stereocenters. The first-order valence-electron chi connectivity index (χ1n) is 5.62. The summed E-state index contributed by atoms with van der Waals surface area (Å²) in [6.45, 7) is 4.23. The Morgan fingerprint density at radius 3 is 3.00 bits per heavy atom. The van der Waals surface area contributed by atoms with E-state index in [0.717, 1.165) is 19.3 Å². The number of methoxy groups -OCH3 is 1. The lowest BCUT2D eigenvalue weighted by Gasteiger charge is -2.34. The van der Waals surface area contributed by atoms with Crippen molar-refractivity contribution in [1.29, 1.82) is 0 Å². The molecule has 0 aromatic heterocycles. The van der Waals surface area contributed by atoms with Crippen molar-refractivity contribution < 1.29 is 9.53 Å². The molecule has 1 atom stereocenters. The highest BCUT2D eigenvalue weighted by Gasteiger charge is 2.46. The maximum atomic E-state index is 11.8. The standard InChI is InChI=1S/C12H19NO2/c1-12(2)8-9-6-4-5-7-10(9)13(12)11(14)15-3/h6,10H,4-5,7-8H2,1-3H3. The first-order chi connectivity index (χ1) is 7.06. The van der Waals surface area contributed by atoms with Gasteiger partial charge in [-0.1, -0.05) is 6.08 Å². The fraction of sp³-hybridized carbons (Fsp3) is 0.750. The fourth-order valence-corrected chi connectivity index (χ4v) is 2.88. The summed E-state index contributed by atoms with van der Waals surface area (Å²) in [6, 6.07) is 0.293. The Labute approximate surface area is 91.1 Å². The number of rotatable bonds is 0. The van der Waals surface area contributed by atoms with E-state index in [2.05, 4.69) is 19.9 Å². The summed E-state index contributed by atoms with van der Waals surface area (Å²) in [5, 5.41) is 0. The molecule has 1 amide bonds. The number of hydrogen-bond acceptors (Lipinski definition) is 2. The third-order valence-corrected chi connectivity index (χ3v) is 3.49. The molecule has 2 rings (SSSR count). The predicted octanol–water partition coefficient (Wildman–Crippen LogP) is 2.72. The van der Waals surface area contributed by atoms with E-state index in [1.165, 1.54) is 19.1 Å². The molecule has 0 aromatic rings. The van der Waals surface area contributed by atoms with Crippen molar-refractivity contribution in [3.8, 4) is 0 Å². The number of carbonyl (C=O) groups excluding carboxylic acids is 1. The Morgan fingerprint density at radius 1 is 1.60 bits per heavy atom. The number of amides is 1. The van der Waals surface area contributed by atoms with Gasteiger partial charge in [-0.05, 0) is 45.1 Å². The van der Waals surface area contributed by atoms with Crippen molar-refractivity contribution in [2.75, 3.05) is 7.11 Å². The molecule has 1 saturated heterocycles. The van der Waals surface area contributed by atoms with Crippen LogP contribution < -0.4 is 0 Å². The second kappa shape index (κ2) is 3.54. The Bertz CT molecular complexity index is 307. The zero-order chi connectivity index (χ0) is 11.1. The van der Waals surface area contributed by atoms with Crippen LogP contribution >= 0.6 is 0 Å². The van der Waals surface area contributed by atoms with Gasteiger partial charge in [-0.3, -0.25) is 4.90 Å². The van der Waals surface area contributed by atoms with Gasteiger partial charge in [0, 0.05) is 5.54 Å². The molecular formula is C12H19NO2. The van der Waals surface area contributed by atoms with Crippen LogP contribution in [0, 0.1) is 0 Å². The molecule has 3 nitrogen and oxygen atoms in total. The minimum atomic E-state index is -0.185. The van der Waals surface area contributed by atoms with Gasteiger partial charge in [-0.15, -0.1) is 0 Å². The number of hydrogen-bond donors (Lipinski definition) is 0. The number of likely N-dealkylation sites (tertiary alicyclic amines) is 1. The van der Waals surface area contributed by atoms with Gasteiger partial charge in [0.15, 0.2) is 0 Å². The van der Waals surface area contributed by atoms with Crippen molar-refractivity contribution >= 4 is 6.09 Å². The van der Waals surface area contributed by atoms with Gasteiger partial charge in [-0.25, -0.2) is 4.79 Å². The van der Waals surface area contributed by atoms with Gasteiger partial charge < -0.3 is 4.74 Å². The van der Waals surface area contributed by atoms with Crippen LogP contribution in [0.3, 0.4) is 0 Å². The van der Waals surface area contributed by atoms with Crippen molar-refractivity contribution in [3.05, 3.63) is 11.6 Å². The first kappa shape index (κ1) is 10.5. The number of carbonyl (C=O) groups is 1. The van der Waals surface area contributed by atoms with Crippen molar-refractivity contribution in [1.82, 2.24) is 4.90 Å². The van der Waals surface area contributed by atoms with E-state index >= 15 is 0 Å². The minimum absolute atomic E-state index is 0.0894. The van der Waals surface area contributed by atoms with Crippen LogP contribution in [0.2, 0.25) is 0 Å². The Balaban J connectivity index is 2.30. The molecule has 1 heterocycles. The quantitative estimate of drug-likeness (QED) is 0.574. The van der Waals surface area contributed by atoms with E-state index in [-0.39, 0.29) is 11.6 Å². The average molecular weight is 209 g/mol. The van der Waals surface area contributed by atoms with Gasteiger partial charge in [-0.2, -0.15) is 0 Å². The van der Waals surface area contributed by atoms with Gasteiger partial charge >= 0.3 is 6.09 Å². The number of nitrogens with zero attached hydrogens (tertiary/aromatic N) is 1. The fourth-order valence-electron chi connectivity index (χ4n) is 2.88. The summed E-state index contributed by atoms with van der Waals surface area (Å²) >= 11 is 0. The molecule has 0 aromatic carbocycles. The van der Waals surface area contributed by atoms with Crippen molar-refractivity contribution in [2.45, 2.75) is 51.1 Å². The molecular weight excluding hydrogens is 190 g/mol. The summed E-state index contributed by atoms with van der Waals surface area (Å²) in [4.78, 5) is 13.7. The Morgan fingerprint density at radius 2 is 2.33 bits per heavy atom. The van der Waals surface area contributed by atoms with Gasteiger partial charge in [0.25, 0.3) is 0 Å². The van der Waals surface area contributed by atoms with Crippen LogP contribution in [0.15, 0.2) is 11.6 Å². The van der Waals surface area contributed by atoms with E-state index in [0.29, 0.717) is 6.04 Å². The number of ether oxygens (including phenoxy) is 1. The zero-order valence-electron chi connectivity index (χ0n) is 9.75. The lowest BCUT2D eigenvalue weighted by Crippen LogP contribution is -2.47. The third-order valence-electron chi connectivity index (χ3n) is 3.49. The van der Waals surface area contributed by atoms with Crippen LogP contribution in [-0.2, 0) is 4.74 Å². The molecule has 2 aliphatic rings. The second-order valence-corrected chi connectivity index (χ2v) is 5.05. The highest BCUT2D eigenvalue weighted by molar-refractivity contribution is 5.70.